The molecule has 144 valence electrons. The minimum atomic E-state index is -0.417. The largest absolute Gasteiger partial charge is 0.495 e. The van der Waals surface area contributed by atoms with Crippen LogP contribution in [0, 0.1) is 12.7 Å². The van der Waals surface area contributed by atoms with Crippen LogP contribution in [0.25, 0.3) is 0 Å². The van der Waals surface area contributed by atoms with Gasteiger partial charge in [-0.3, -0.25) is 9.59 Å². The molecule has 0 saturated carbocycles. The molecule has 7 heteroatoms. The monoisotopic (exact) mass is 392 g/mol. The van der Waals surface area contributed by atoms with Crippen molar-refractivity contribution in [2.45, 2.75) is 20.3 Å². The number of anilines is 1. The lowest BCUT2D eigenvalue weighted by Gasteiger charge is -2.24. The average molecular weight is 393 g/mol. The van der Waals surface area contributed by atoms with Crippen molar-refractivity contribution in [2.75, 3.05) is 25.1 Å². The highest BCUT2D eigenvalue weighted by molar-refractivity contribution is 6.31. The van der Waals surface area contributed by atoms with E-state index >= 15 is 0 Å². The van der Waals surface area contributed by atoms with Crippen LogP contribution in [0.2, 0.25) is 5.02 Å². The molecule has 27 heavy (non-hydrogen) atoms. The van der Waals surface area contributed by atoms with Crippen molar-refractivity contribution in [3.8, 4) is 5.75 Å². The summed E-state index contributed by atoms with van der Waals surface area (Å²) < 4.78 is 18.9. The Morgan fingerprint density at radius 3 is 2.59 bits per heavy atom. The molecule has 0 fully saturated rings. The van der Waals surface area contributed by atoms with Gasteiger partial charge in [-0.15, -0.1) is 0 Å². The first kappa shape index (κ1) is 20.7. The second-order valence-corrected chi connectivity index (χ2v) is 6.47. The first-order valence-electron chi connectivity index (χ1n) is 8.45. The van der Waals surface area contributed by atoms with Gasteiger partial charge in [-0.25, -0.2) is 4.39 Å². The standard InChI is InChI=1S/C20H22ClFN2O3/c1-13-10-18(19(27-3)12-16(13)21)24(14(2)25)9-8-23-20(26)11-15-6-4-5-7-17(15)22/h4-7,10,12H,8-9,11H2,1-3H3,(H,23,26). The van der Waals surface area contributed by atoms with E-state index in [1.54, 1.807) is 30.3 Å². The zero-order valence-corrected chi connectivity index (χ0v) is 16.3. The summed E-state index contributed by atoms with van der Waals surface area (Å²) in [5.41, 5.74) is 1.71. The molecule has 0 heterocycles. The van der Waals surface area contributed by atoms with Crippen LogP contribution in [-0.2, 0) is 16.0 Å². The lowest BCUT2D eigenvalue weighted by atomic mass is 10.1. The number of benzene rings is 2. The number of ether oxygens (including phenoxy) is 1. The summed E-state index contributed by atoms with van der Waals surface area (Å²) in [6, 6.07) is 9.55. The first-order chi connectivity index (χ1) is 12.8. The van der Waals surface area contributed by atoms with Gasteiger partial charge in [0, 0.05) is 31.1 Å². The van der Waals surface area contributed by atoms with Crippen molar-refractivity contribution in [1.82, 2.24) is 5.32 Å². The maximum atomic E-state index is 13.6. The fourth-order valence-electron chi connectivity index (χ4n) is 2.65. The third kappa shape index (κ3) is 5.44. The second kappa shape index (κ2) is 9.37. The van der Waals surface area contributed by atoms with Crippen LogP contribution in [0.1, 0.15) is 18.1 Å². The Hall–Kier alpha value is -2.60. The molecule has 0 radical (unpaired) electrons. The summed E-state index contributed by atoms with van der Waals surface area (Å²) in [6.45, 7) is 3.73. The maximum absolute atomic E-state index is 13.6. The van der Waals surface area contributed by atoms with Gasteiger partial charge < -0.3 is 15.0 Å². The Balaban J connectivity index is 2.03. The molecule has 1 N–H and O–H groups in total. The number of amides is 2. The molecular formula is C20H22ClFN2O3. The third-order valence-electron chi connectivity index (χ3n) is 4.10. The lowest BCUT2D eigenvalue weighted by molar-refractivity contribution is -0.121. The molecule has 0 unspecified atom stereocenters. The number of nitrogens with zero attached hydrogens (tertiary/aromatic N) is 1. The van der Waals surface area contributed by atoms with Gasteiger partial charge in [0.1, 0.15) is 11.6 Å². The first-order valence-corrected chi connectivity index (χ1v) is 8.83. The summed E-state index contributed by atoms with van der Waals surface area (Å²) in [7, 11) is 1.50. The number of methoxy groups -OCH3 is 1. The van der Waals surface area contributed by atoms with Gasteiger partial charge in [0.25, 0.3) is 0 Å². The smallest absolute Gasteiger partial charge is 0.224 e. The normalized spacial score (nSPS) is 10.4. The quantitative estimate of drug-likeness (QED) is 0.784. The lowest BCUT2D eigenvalue weighted by Crippen LogP contribution is -2.38. The van der Waals surface area contributed by atoms with Gasteiger partial charge in [-0.2, -0.15) is 0 Å². The van der Waals surface area contributed by atoms with Crippen molar-refractivity contribution >= 4 is 29.1 Å². The van der Waals surface area contributed by atoms with Crippen LogP contribution in [0.4, 0.5) is 10.1 Å². The van der Waals surface area contributed by atoms with E-state index in [0.29, 0.717) is 22.0 Å². The number of halogens is 2. The van der Waals surface area contributed by atoms with E-state index in [-0.39, 0.29) is 31.3 Å². The summed E-state index contributed by atoms with van der Waals surface area (Å²) in [5.74, 6) is -0.459. The third-order valence-corrected chi connectivity index (χ3v) is 4.50. The number of hydrogen-bond acceptors (Lipinski definition) is 3. The highest BCUT2D eigenvalue weighted by Crippen LogP contribution is 2.33. The van der Waals surface area contributed by atoms with Crippen molar-refractivity contribution < 1.29 is 18.7 Å². The van der Waals surface area contributed by atoms with Crippen LogP contribution in [-0.4, -0.2) is 32.0 Å². The molecule has 2 aromatic rings. The Morgan fingerprint density at radius 2 is 1.96 bits per heavy atom. The van der Waals surface area contributed by atoms with Gasteiger partial charge in [0.2, 0.25) is 11.8 Å². The molecular weight excluding hydrogens is 371 g/mol. The summed E-state index contributed by atoms with van der Waals surface area (Å²) in [6.07, 6.45) is -0.0594. The predicted molar refractivity (Wildman–Crippen MR) is 104 cm³/mol. The van der Waals surface area contributed by atoms with Gasteiger partial charge in [-0.1, -0.05) is 29.8 Å². The number of carbonyl (C=O) groups is 2. The van der Waals surface area contributed by atoms with Crippen molar-refractivity contribution in [3.05, 3.63) is 58.4 Å². The number of nitrogens with one attached hydrogen (secondary N) is 1. The molecule has 0 atom stereocenters. The maximum Gasteiger partial charge on any atom is 0.224 e. The Kier molecular flexibility index (Phi) is 7.19. The minimum absolute atomic E-state index is 0.0594. The molecule has 2 aromatic carbocycles. The van der Waals surface area contributed by atoms with Crippen LogP contribution in [0.5, 0.6) is 5.75 Å². The van der Waals surface area contributed by atoms with E-state index in [9.17, 15) is 14.0 Å². The highest BCUT2D eigenvalue weighted by Gasteiger charge is 2.18. The van der Waals surface area contributed by atoms with Crippen LogP contribution < -0.4 is 15.0 Å². The summed E-state index contributed by atoms with van der Waals surface area (Å²) in [5, 5.41) is 3.25. The Morgan fingerprint density at radius 1 is 1.26 bits per heavy atom. The van der Waals surface area contributed by atoms with E-state index in [1.807, 2.05) is 6.92 Å². The Bertz CT molecular complexity index is 842. The van der Waals surface area contributed by atoms with Gasteiger partial charge >= 0.3 is 0 Å². The molecule has 0 saturated heterocycles. The van der Waals surface area contributed by atoms with E-state index in [0.717, 1.165) is 5.56 Å². The van der Waals surface area contributed by atoms with E-state index < -0.39 is 5.82 Å². The predicted octanol–water partition coefficient (Wildman–Crippen LogP) is 3.51. The molecule has 5 nitrogen and oxygen atoms in total. The SMILES string of the molecule is COc1cc(Cl)c(C)cc1N(CCNC(=O)Cc1ccccc1F)C(C)=O. The number of rotatable bonds is 7. The van der Waals surface area contributed by atoms with Crippen molar-refractivity contribution in [2.24, 2.45) is 0 Å². The number of aryl methyl sites for hydroxylation is 1. The minimum Gasteiger partial charge on any atom is -0.495 e. The topological polar surface area (TPSA) is 58.6 Å². The molecule has 0 aliphatic rings. The fraction of sp³-hybridized carbons (Fsp3) is 0.300. The number of carbonyl (C=O) groups excluding carboxylic acids is 2. The fourth-order valence-corrected chi connectivity index (χ4v) is 2.81. The Labute approximate surface area is 163 Å². The number of hydrogen-bond donors (Lipinski definition) is 1. The second-order valence-electron chi connectivity index (χ2n) is 6.06. The van der Waals surface area contributed by atoms with Crippen LogP contribution >= 0.6 is 11.6 Å². The van der Waals surface area contributed by atoms with Gasteiger partial charge in [0.05, 0.1) is 19.2 Å². The van der Waals surface area contributed by atoms with Crippen molar-refractivity contribution in [1.29, 1.82) is 0 Å². The highest BCUT2D eigenvalue weighted by atomic mass is 35.5. The summed E-state index contributed by atoms with van der Waals surface area (Å²) in [4.78, 5) is 25.7. The van der Waals surface area contributed by atoms with E-state index in [1.165, 1.54) is 25.0 Å². The zero-order chi connectivity index (χ0) is 20.0. The molecule has 0 spiro atoms. The average Bonchev–Trinajstić information content (AvgIpc) is 2.62. The van der Waals surface area contributed by atoms with Gasteiger partial charge in [0.15, 0.2) is 0 Å². The zero-order valence-electron chi connectivity index (χ0n) is 15.5. The van der Waals surface area contributed by atoms with E-state index in [2.05, 4.69) is 5.32 Å². The molecule has 0 aliphatic carbocycles. The molecule has 2 amide bonds. The molecule has 2 rings (SSSR count). The molecule has 0 bridgehead atoms. The van der Waals surface area contributed by atoms with Gasteiger partial charge in [-0.05, 0) is 30.2 Å². The molecule has 0 aliphatic heterocycles. The van der Waals surface area contributed by atoms with Crippen LogP contribution in [0.3, 0.4) is 0 Å². The molecule has 0 aromatic heterocycles. The summed E-state index contributed by atoms with van der Waals surface area (Å²) >= 11 is 6.11. The van der Waals surface area contributed by atoms with Crippen LogP contribution in [0.15, 0.2) is 36.4 Å². The van der Waals surface area contributed by atoms with Crippen molar-refractivity contribution in [3.63, 3.8) is 0 Å². The van der Waals surface area contributed by atoms with E-state index in [4.69, 9.17) is 16.3 Å².